The first-order chi connectivity index (χ1) is 11.2. The highest BCUT2D eigenvalue weighted by atomic mass is 19.1. The van der Waals surface area contributed by atoms with Gasteiger partial charge in [-0.05, 0) is 30.5 Å². The zero-order chi connectivity index (χ0) is 15.9. The Balaban J connectivity index is 1.69. The number of rotatable bonds is 3. The van der Waals surface area contributed by atoms with Gasteiger partial charge in [-0.3, -0.25) is 0 Å². The largest absolute Gasteiger partial charge is 0.381 e. The summed E-state index contributed by atoms with van der Waals surface area (Å²) >= 11 is 0. The summed E-state index contributed by atoms with van der Waals surface area (Å²) in [6.45, 7) is 1.34. The molecule has 1 saturated carbocycles. The van der Waals surface area contributed by atoms with Gasteiger partial charge in [-0.2, -0.15) is 0 Å². The van der Waals surface area contributed by atoms with Gasteiger partial charge in [0.05, 0.1) is 11.2 Å². The van der Waals surface area contributed by atoms with Crippen molar-refractivity contribution >= 4 is 0 Å². The molecule has 0 bridgehead atoms. The average Bonchev–Trinajstić information content (AvgIpc) is 3.03. The Morgan fingerprint density at radius 3 is 2.52 bits per heavy atom. The molecule has 1 aliphatic carbocycles. The second-order valence-electron chi connectivity index (χ2n) is 6.67. The first kappa shape index (κ1) is 14.8. The quantitative estimate of drug-likeness (QED) is 0.942. The Labute approximate surface area is 134 Å². The molecular formula is C17H21FN4O. The van der Waals surface area contributed by atoms with Crippen LogP contribution in [0.1, 0.15) is 42.9 Å². The molecule has 23 heavy (non-hydrogen) atoms. The van der Waals surface area contributed by atoms with Crippen molar-refractivity contribution in [2.24, 2.45) is 5.73 Å². The molecule has 1 aromatic heterocycles. The summed E-state index contributed by atoms with van der Waals surface area (Å²) in [5, 5.41) is 8.79. The number of halogens is 1. The molecule has 122 valence electrons. The third-order valence-electron chi connectivity index (χ3n) is 5.24. The van der Waals surface area contributed by atoms with Crippen molar-refractivity contribution in [3.8, 4) is 0 Å². The van der Waals surface area contributed by atoms with Crippen molar-refractivity contribution in [1.29, 1.82) is 0 Å². The molecule has 2 aliphatic rings. The smallest absolute Gasteiger partial charge is 0.123 e. The Bertz CT molecular complexity index is 672. The number of ether oxygens (including phenoxy) is 1. The van der Waals surface area contributed by atoms with Crippen molar-refractivity contribution in [2.75, 3.05) is 13.2 Å². The molecule has 0 spiro atoms. The molecule has 0 amide bonds. The minimum Gasteiger partial charge on any atom is -0.381 e. The molecule has 5 nitrogen and oxygen atoms in total. The number of benzene rings is 1. The number of hydrogen-bond donors (Lipinski definition) is 1. The van der Waals surface area contributed by atoms with E-state index in [0.29, 0.717) is 25.2 Å². The fraction of sp³-hybridized carbons (Fsp3) is 0.529. The topological polar surface area (TPSA) is 66.0 Å². The van der Waals surface area contributed by atoms with E-state index in [-0.39, 0.29) is 11.4 Å². The van der Waals surface area contributed by atoms with Crippen LogP contribution in [-0.2, 0) is 10.3 Å². The third kappa shape index (κ3) is 2.56. The maximum absolute atomic E-state index is 13.3. The van der Waals surface area contributed by atoms with Gasteiger partial charge in [-0.25, -0.2) is 9.07 Å². The fourth-order valence-electron chi connectivity index (χ4n) is 3.70. The Kier molecular flexibility index (Phi) is 3.66. The molecular weight excluding hydrogens is 295 g/mol. The van der Waals surface area contributed by atoms with Gasteiger partial charge in [-0.1, -0.05) is 17.3 Å². The van der Waals surface area contributed by atoms with E-state index in [2.05, 4.69) is 10.3 Å². The van der Waals surface area contributed by atoms with Crippen LogP contribution in [0, 0.1) is 5.82 Å². The van der Waals surface area contributed by atoms with Crippen LogP contribution in [0.3, 0.4) is 0 Å². The van der Waals surface area contributed by atoms with E-state index in [0.717, 1.165) is 36.9 Å². The summed E-state index contributed by atoms with van der Waals surface area (Å²) < 4.78 is 20.8. The predicted octanol–water partition coefficient (Wildman–Crippen LogP) is 2.18. The van der Waals surface area contributed by atoms with E-state index in [1.165, 1.54) is 12.1 Å². The number of aromatic nitrogens is 3. The highest BCUT2D eigenvalue weighted by molar-refractivity contribution is 5.27. The average molecular weight is 316 g/mol. The maximum Gasteiger partial charge on any atom is 0.123 e. The normalized spacial score (nSPS) is 26.7. The highest BCUT2D eigenvalue weighted by Gasteiger charge is 2.39. The lowest BCUT2D eigenvalue weighted by molar-refractivity contribution is 0.0330. The van der Waals surface area contributed by atoms with Crippen LogP contribution in [-0.4, -0.2) is 34.2 Å². The van der Waals surface area contributed by atoms with E-state index in [1.807, 2.05) is 23.0 Å². The van der Waals surface area contributed by atoms with Crippen molar-refractivity contribution < 1.29 is 9.13 Å². The zero-order valence-electron chi connectivity index (χ0n) is 13.0. The zero-order valence-corrected chi connectivity index (χ0v) is 13.0. The molecule has 2 heterocycles. The predicted molar refractivity (Wildman–Crippen MR) is 83.5 cm³/mol. The summed E-state index contributed by atoms with van der Waals surface area (Å²) in [4.78, 5) is 0. The summed E-state index contributed by atoms with van der Waals surface area (Å²) in [6, 6.07) is 7.01. The third-order valence-corrected chi connectivity index (χ3v) is 5.24. The lowest BCUT2D eigenvalue weighted by atomic mass is 9.79. The van der Waals surface area contributed by atoms with Gasteiger partial charge < -0.3 is 10.5 Å². The molecule has 0 atom stereocenters. The summed E-state index contributed by atoms with van der Waals surface area (Å²) in [5.41, 5.74) is 7.65. The van der Waals surface area contributed by atoms with Crippen LogP contribution >= 0.6 is 0 Å². The van der Waals surface area contributed by atoms with Crippen molar-refractivity contribution in [3.05, 3.63) is 47.5 Å². The van der Waals surface area contributed by atoms with Crippen LogP contribution in [0.4, 0.5) is 4.39 Å². The van der Waals surface area contributed by atoms with Crippen molar-refractivity contribution in [1.82, 2.24) is 15.0 Å². The van der Waals surface area contributed by atoms with Gasteiger partial charge in [-0.15, -0.1) is 5.10 Å². The van der Waals surface area contributed by atoms with Gasteiger partial charge in [0.2, 0.25) is 0 Å². The van der Waals surface area contributed by atoms with Gasteiger partial charge in [0.25, 0.3) is 0 Å². The van der Waals surface area contributed by atoms with E-state index < -0.39 is 0 Å². The lowest BCUT2D eigenvalue weighted by Gasteiger charge is -2.37. The van der Waals surface area contributed by atoms with Crippen LogP contribution in [0.2, 0.25) is 0 Å². The van der Waals surface area contributed by atoms with Gasteiger partial charge in [0, 0.05) is 44.2 Å². The van der Waals surface area contributed by atoms with Crippen molar-refractivity contribution in [3.63, 3.8) is 0 Å². The molecule has 2 aromatic rings. The van der Waals surface area contributed by atoms with E-state index in [4.69, 9.17) is 10.5 Å². The summed E-state index contributed by atoms with van der Waals surface area (Å²) in [7, 11) is 0. The molecule has 4 rings (SSSR count). The Hall–Kier alpha value is -1.79. The molecule has 1 saturated heterocycles. The molecule has 1 aliphatic heterocycles. The molecule has 0 unspecified atom stereocenters. The Morgan fingerprint density at radius 2 is 1.87 bits per heavy atom. The standard InChI is InChI=1S/C17H21FN4O/c18-14-3-1-13(2-4-14)17(5-7-23-8-6-17)22-11-16(20-21-22)12-9-15(19)10-12/h1-4,11-12,15H,5-10,19H2. The van der Waals surface area contributed by atoms with Crippen LogP contribution in [0.25, 0.3) is 0 Å². The molecule has 0 radical (unpaired) electrons. The maximum atomic E-state index is 13.3. The number of nitrogens with two attached hydrogens (primary N) is 1. The molecule has 6 heteroatoms. The Morgan fingerprint density at radius 1 is 1.17 bits per heavy atom. The molecule has 2 fully saturated rings. The van der Waals surface area contributed by atoms with Gasteiger partial charge in [0.15, 0.2) is 0 Å². The molecule has 1 aromatic carbocycles. The van der Waals surface area contributed by atoms with Crippen molar-refractivity contribution in [2.45, 2.75) is 43.2 Å². The van der Waals surface area contributed by atoms with Crippen LogP contribution in [0.5, 0.6) is 0 Å². The van der Waals surface area contributed by atoms with Gasteiger partial charge >= 0.3 is 0 Å². The second-order valence-corrected chi connectivity index (χ2v) is 6.67. The van der Waals surface area contributed by atoms with Crippen LogP contribution in [0.15, 0.2) is 30.5 Å². The SMILES string of the molecule is NC1CC(c2cn(C3(c4ccc(F)cc4)CCOCC3)nn2)C1. The first-order valence-electron chi connectivity index (χ1n) is 8.19. The fourth-order valence-corrected chi connectivity index (χ4v) is 3.70. The second kappa shape index (κ2) is 5.69. The van der Waals surface area contributed by atoms with E-state index in [9.17, 15) is 4.39 Å². The lowest BCUT2D eigenvalue weighted by Crippen LogP contribution is -2.41. The van der Waals surface area contributed by atoms with E-state index >= 15 is 0 Å². The van der Waals surface area contributed by atoms with E-state index in [1.54, 1.807) is 0 Å². The monoisotopic (exact) mass is 316 g/mol. The highest BCUT2D eigenvalue weighted by Crippen LogP contribution is 2.39. The number of hydrogen-bond acceptors (Lipinski definition) is 4. The summed E-state index contributed by atoms with van der Waals surface area (Å²) in [5.74, 6) is 0.197. The molecule has 2 N–H and O–H groups in total. The van der Waals surface area contributed by atoms with Gasteiger partial charge in [0.1, 0.15) is 5.82 Å². The first-order valence-corrected chi connectivity index (χ1v) is 8.19. The minimum absolute atomic E-state index is 0.223. The number of nitrogens with zero attached hydrogens (tertiary/aromatic N) is 3. The van der Waals surface area contributed by atoms with Crippen LogP contribution < -0.4 is 5.73 Å². The summed E-state index contributed by atoms with van der Waals surface area (Å²) in [6.07, 6.45) is 5.62. The minimum atomic E-state index is -0.303.